The highest BCUT2D eigenvalue weighted by molar-refractivity contribution is 5.76. The number of aryl methyl sites for hydroxylation is 2. The second-order valence-electron chi connectivity index (χ2n) is 7.85. The van der Waals surface area contributed by atoms with Gasteiger partial charge in [0.2, 0.25) is 5.91 Å². The summed E-state index contributed by atoms with van der Waals surface area (Å²) in [5.41, 5.74) is -0.413. The van der Waals surface area contributed by atoms with E-state index in [9.17, 15) is 9.59 Å². The quantitative estimate of drug-likeness (QED) is 0.726. The van der Waals surface area contributed by atoms with Crippen molar-refractivity contribution in [3.05, 3.63) is 12.2 Å². The van der Waals surface area contributed by atoms with E-state index in [-0.39, 0.29) is 12.0 Å². The van der Waals surface area contributed by atoms with Gasteiger partial charge in [-0.3, -0.25) is 4.79 Å². The number of nitrogens with zero attached hydrogens (tertiary/aromatic N) is 5. The van der Waals surface area contributed by atoms with Crippen LogP contribution in [-0.4, -0.2) is 68.3 Å². The van der Waals surface area contributed by atoms with Crippen molar-refractivity contribution in [2.75, 3.05) is 26.2 Å². The number of rotatable bonds is 7. The Hall–Kier alpha value is -2.12. The zero-order valence-electron chi connectivity index (χ0n) is 16.7. The first-order valence-electron chi connectivity index (χ1n) is 10.0. The third-order valence-electron chi connectivity index (χ3n) is 6.07. The molecule has 3 rings (SSSR count). The smallest absolute Gasteiger partial charge is 0.410 e. The Morgan fingerprint density at radius 3 is 2.59 bits per heavy atom. The van der Waals surface area contributed by atoms with Gasteiger partial charge >= 0.3 is 6.09 Å². The predicted octanol–water partition coefficient (Wildman–Crippen LogP) is 2.00. The van der Waals surface area contributed by atoms with Crippen molar-refractivity contribution in [2.24, 2.45) is 13.0 Å². The first-order chi connectivity index (χ1) is 13.0. The van der Waals surface area contributed by atoms with Gasteiger partial charge in [-0.25, -0.2) is 4.79 Å². The monoisotopic (exact) mass is 377 g/mol. The van der Waals surface area contributed by atoms with Crippen molar-refractivity contribution in [1.82, 2.24) is 24.6 Å². The van der Waals surface area contributed by atoms with Gasteiger partial charge in [0.05, 0.1) is 6.54 Å². The number of carbonyl (C=O) groups is 2. The van der Waals surface area contributed by atoms with E-state index in [1.54, 1.807) is 6.33 Å². The number of carbonyl (C=O) groups excluding carboxylic acids is 2. The van der Waals surface area contributed by atoms with E-state index in [0.717, 1.165) is 25.2 Å². The van der Waals surface area contributed by atoms with Gasteiger partial charge in [-0.1, -0.05) is 26.7 Å². The van der Waals surface area contributed by atoms with E-state index in [1.807, 2.05) is 21.4 Å². The maximum absolute atomic E-state index is 12.5. The number of hydrogen-bond donors (Lipinski definition) is 0. The summed E-state index contributed by atoms with van der Waals surface area (Å²) < 4.78 is 7.62. The van der Waals surface area contributed by atoms with Crippen molar-refractivity contribution in [3.8, 4) is 0 Å². The van der Waals surface area contributed by atoms with Crippen LogP contribution < -0.4 is 0 Å². The Labute approximate surface area is 160 Å². The molecule has 3 heterocycles. The molecule has 0 aliphatic carbocycles. The van der Waals surface area contributed by atoms with Crippen LogP contribution in [0.4, 0.5) is 4.79 Å². The Bertz CT molecular complexity index is 662. The molecule has 0 N–H and O–H groups in total. The Morgan fingerprint density at radius 1 is 1.30 bits per heavy atom. The molecule has 150 valence electrons. The summed E-state index contributed by atoms with van der Waals surface area (Å²) in [5, 5.41) is 7.87. The Balaban J connectivity index is 1.49. The van der Waals surface area contributed by atoms with Gasteiger partial charge in [0, 0.05) is 52.4 Å². The molecule has 0 bridgehead atoms. The summed E-state index contributed by atoms with van der Waals surface area (Å²) in [6.45, 7) is 7.04. The molecule has 0 saturated carbocycles. The third-order valence-corrected chi connectivity index (χ3v) is 6.07. The van der Waals surface area contributed by atoms with Gasteiger partial charge in [0.15, 0.2) is 0 Å². The number of piperidine rings is 1. The van der Waals surface area contributed by atoms with E-state index >= 15 is 0 Å². The topological polar surface area (TPSA) is 80.6 Å². The lowest BCUT2D eigenvalue weighted by molar-refractivity contribution is -0.134. The summed E-state index contributed by atoms with van der Waals surface area (Å²) in [6.07, 6.45) is 6.05. The van der Waals surface area contributed by atoms with Gasteiger partial charge in [0.25, 0.3) is 0 Å². The van der Waals surface area contributed by atoms with Crippen molar-refractivity contribution < 1.29 is 14.3 Å². The molecule has 0 atom stereocenters. The van der Waals surface area contributed by atoms with Crippen LogP contribution >= 0.6 is 0 Å². The molecule has 2 aliphatic rings. The molecule has 0 unspecified atom stereocenters. The largest absolute Gasteiger partial charge is 0.441 e. The maximum Gasteiger partial charge on any atom is 0.410 e. The fourth-order valence-corrected chi connectivity index (χ4v) is 4.03. The van der Waals surface area contributed by atoms with Crippen LogP contribution in [0.5, 0.6) is 0 Å². The molecular formula is C19H31N5O3. The lowest BCUT2D eigenvalue weighted by atomic mass is 9.90. The zero-order valence-corrected chi connectivity index (χ0v) is 16.7. The van der Waals surface area contributed by atoms with Gasteiger partial charge < -0.3 is 19.1 Å². The van der Waals surface area contributed by atoms with Crippen molar-refractivity contribution in [2.45, 2.75) is 58.0 Å². The molecule has 8 heteroatoms. The van der Waals surface area contributed by atoms with Crippen LogP contribution in [0, 0.1) is 5.92 Å². The molecule has 27 heavy (non-hydrogen) atoms. The number of aromatic nitrogens is 3. The molecule has 0 radical (unpaired) electrons. The zero-order chi connectivity index (χ0) is 19.4. The standard InChI is InChI=1S/C19H31N5O3/c1-4-15(5-2)12-24-13-19(27-18(24)26)8-10-23(11-9-19)17(25)7-6-16-21-20-14-22(16)3/h14-15H,4-13H2,1-3H3. The minimum atomic E-state index is -0.413. The summed E-state index contributed by atoms with van der Waals surface area (Å²) in [4.78, 5) is 28.6. The SMILES string of the molecule is CCC(CC)CN1CC2(CCN(C(=O)CCc3nncn3C)CC2)OC1=O. The molecule has 1 aromatic heterocycles. The van der Waals surface area contributed by atoms with Crippen molar-refractivity contribution in [1.29, 1.82) is 0 Å². The molecule has 2 saturated heterocycles. The summed E-state index contributed by atoms with van der Waals surface area (Å²) in [6, 6.07) is 0. The predicted molar refractivity (Wildman–Crippen MR) is 100.0 cm³/mol. The summed E-state index contributed by atoms with van der Waals surface area (Å²) >= 11 is 0. The molecule has 2 fully saturated rings. The molecule has 2 aliphatic heterocycles. The van der Waals surface area contributed by atoms with E-state index in [4.69, 9.17) is 4.74 Å². The first kappa shape index (κ1) is 19.6. The fraction of sp³-hybridized carbons (Fsp3) is 0.789. The average Bonchev–Trinajstić information content (AvgIpc) is 3.21. The van der Waals surface area contributed by atoms with Crippen LogP contribution in [0.3, 0.4) is 0 Å². The summed E-state index contributed by atoms with van der Waals surface area (Å²) in [5.74, 6) is 1.47. The highest BCUT2D eigenvalue weighted by Crippen LogP contribution is 2.34. The van der Waals surface area contributed by atoms with Gasteiger partial charge in [-0.2, -0.15) is 0 Å². The van der Waals surface area contributed by atoms with Crippen molar-refractivity contribution >= 4 is 12.0 Å². The van der Waals surface area contributed by atoms with E-state index in [2.05, 4.69) is 24.0 Å². The lowest BCUT2D eigenvalue weighted by Gasteiger charge is -2.37. The molecule has 1 spiro atoms. The highest BCUT2D eigenvalue weighted by atomic mass is 16.6. The maximum atomic E-state index is 12.5. The number of amides is 2. The third kappa shape index (κ3) is 4.42. The minimum absolute atomic E-state index is 0.131. The molecule has 8 nitrogen and oxygen atoms in total. The average molecular weight is 377 g/mol. The van der Waals surface area contributed by atoms with Crippen molar-refractivity contribution in [3.63, 3.8) is 0 Å². The molecular weight excluding hydrogens is 346 g/mol. The Morgan fingerprint density at radius 2 is 2.00 bits per heavy atom. The first-order valence-corrected chi connectivity index (χ1v) is 10.0. The number of hydrogen-bond acceptors (Lipinski definition) is 5. The highest BCUT2D eigenvalue weighted by Gasteiger charge is 2.47. The molecule has 0 aromatic carbocycles. The fourth-order valence-electron chi connectivity index (χ4n) is 4.03. The van der Waals surface area contributed by atoms with E-state index < -0.39 is 5.60 Å². The van der Waals surface area contributed by atoms with E-state index in [1.165, 1.54) is 0 Å². The van der Waals surface area contributed by atoms with E-state index in [0.29, 0.717) is 51.2 Å². The van der Waals surface area contributed by atoms with Gasteiger partial charge in [-0.05, 0) is 5.92 Å². The lowest BCUT2D eigenvalue weighted by Crippen LogP contribution is -2.49. The van der Waals surface area contributed by atoms with Crippen LogP contribution in [0.2, 0.25) is 0 Å². The van der Waals surface area contributed by atoms with Crippen LogP contribution in [-0.2, 0) is 23.0 Å². The van der Waals surface area contributed by atoms with Crippen LogP contribution in [0.15, 0.2) is 6.33 Å². The number of likely N-dealkylation sites (tertiary alicyclic amines) is 1. The molecule has 1 aromatic rings. The minimum Gasteiger partial charge on any atom is -0.441 e. The molecule has 2 amide bonds. The second kappa shape index (κ2) is 8.27. The second-order valence-corrected chi connectivity index (χ2v) is 7.85. The summed E-state index contributed by atoms with van der Waals surface area (Å²) in [7, 11) is 1.88. The normalized spacial score (nSPS) is 19.2. The number of ether oxygens (including phenoxy) is 1. The van der Waals surface area contributed by atoms with Gasteiger partial charge in [0.1, 0.15) is 17.8 Å². The van der Waals surface area contributed by atoms with Crippen LogP contribution in [0.25, 0.3) is 0 Å². The van der Waals surface area contributed by atoms with Gasteiger partial charge in [-0.15, -0.1) is 10.2 Å². The van der Waals surface area contributed by atoms with Crippen LogP contribution in [0.1, 0.15) is 51.8 Å². The Kier molecular flexibility index (Phi) is 6.01.